The summed E-state index contributed by atoms with van der Waals surface area (Å²) in [6, 6.07) is 8.53. The van der Waals surface area contributed by atoms with Crippen molar-refractivity contribution in [3.8, 4) is 5.75 Å². The van der Waals surface area contributed by atoms with Gasteiger partial charge in [-0.3, -0.25) is 14.9 Å². The summed E-state index contributed by atoms with van der Waals surface area (Å²) >= 11 is 1.26. The van der Waals surface area contributed by atoms with E-state index in [1.807, 2.05) is 26.0 Å². The van der Waals surface area contributed by atoms with E-state index in [1.165, 1.54) is 30.6 Å². The lowest BCUT2D eigenvalue weighted by Gasteiger charge is -2.01. The molecule has 2 aromatic carbocycles. The summed E-state index contributed by atoms with van der Waals surface area (Å²) in [5.74, 6) is 0.178. The van der Waals surface area contributed by atoms with E-state index in [0.29, 0.717) is 15.1 Å². The van der Waals surface area contributed by atoms with E-state index in [1.54, 1.807) is 16.5 Å². The minimum absolute atomic E-state index is 0.142. The van der Waals surface area contributed by atoms with E-state index in [2.05, 4.69) is 4.98 Å². The number of aryl methyl sites for hydroxylation is 2. The van der Waals surface area contributed by atoms with Crippen LogP contribution in [0.4, 0.5) is 5.69 Å². The highest BCUT2D eigenvalue weighted by molar-refractivity contribution is 7.15. The number of hydrogen-bond donors (Lipinski definition) is 0. The number of imidazole rings is 1. The number of rotatable bonds is 3. The number of nitro benzene ring substituents is 1. The van der Waals surface area contributed by atoms with Crippen LogP contribution in [0.2, 0.25) is 0 Å². The van der Waals surface area contributed by atoms with Gasteiger partial charge in [0.05, 0.1) is 27.6 Å². The number of thiazole rings is 1. The molecule has 0 aliphatic carbocycles. The molecule has 0 bridgehead atoms. The average Bonchev–Trinajstić information content (AvgIpc) is 3.12. The number of nitro groups is 1. The fourth-order valence-corrected chi connectivity index (χ4v) is 4.00. The molecule has 4 aromatic rings. The largest absolute Gasteiger partial charge is 0.490 e. The van der Waals surface area contributed by atoms with E-state index in [-0.39, 0.29) is 17.0 Å². The maximum absolute atomic E-state index is 12.9. The quantitative estimate of drug-likeness (QED) is 0.402. The van der Waals surface area contributed by atoms with Gasteiger partial charge in [-0.05, 0) is 54.8 Å². The van der Waals surface area contributed by atoms with Crippen LogP contribution in [0.15, 0.2) is 35.1 Å². The van der Waals surface area contributed by atoms with E-state index in [9.17, 15) is 14.9 Å². The van der Waals surface area contributed by atoms with Gasteiger partial charge in [0.25, 0.3) is 5.56 Å². The van der Waals surface area contributed by atoms with Crippen LogP contribution >= 0.6 is 11.3 Å². The summed E-state index contributed by atoms with van der Waals surface area (Å²) in [6.45, 7) is 4.00. The molecule has 0 atom stereocenters. The normalized spacial score (nSPS) is 12.2. The van der Waals surface area contributed by atoms with Crippen molar-refractivity contribution in [3.05, 3.63) is 72.0 Å². The Morgan fingerprint density at radius 2 is 1.96 bits per heavy atom. The lowest BCUT2D eigenvalue weighted by molar-refractivity contribution is -0.385. The van der Waals surface area contributed by atoms with Crippen LogP contribution in [0.5, 0.6) is 5.75 Å². The van der Waals surface area contributed by atoms with Gasteiger partial charge in [-0.25, -0.2) is 9.38 Å². The minimum atomic E-state index is -0.506. The maximum atomic E-state index is 12.9. The first-order chi connectivity index (χ1) is 12.9. The highest BCUT2D eigenvalue weighted by Gasteiger charge is 2.16. The molecule has 0 fully saturated rings. The molecule has 7 nitrogen and oxygen atoms in total. The molecule has 2 heterocycles. The first kappa shape index (κ1) is 17.2. The predicted octanol–water partition coefficient (Wildman–Crippen LogP) is 2.99. The number of benzene rings is 2. The molecular formula is C19H15N3O4S. The number of aromatic nitrogens is 2. The summed E-state index contributed by atoms with van der Waals surface area (Å²) < 4.78 is 7.07. The second-order valence-corrected chi connectivity index (χ2v) is 7.27. The molecule has 0 radical (unpaired) electrons. The van der Waals surface area contributed by atoms with Gasteiger partial charge in [-0.15, -0.1) is 0 Å². The molecule has 8 heteroatoms. The lowest BCUT2D eigenvalue weighted by atomic mass is 10.1. The van der Waals surface area contributed by atoms with Gasteiger partial charge in [-0.1, -0.05) is 17.4 Å². The van der Waals surface area contributed by atoms with Crippen LogP contribution in [0, 0.1) is 24.0 Å². The Kier molecular flexibility index (Phi) is 3.92. The number of hydrogen-bond acceptors (Lipinski definition) is 6. The molecule has 27 heavy (non-hydrogen) atoms. The van der Waals surface area contributed by atoms with Crippen LogP contribution in [0.1, 0.15) is 16.7 Å². The fraction of sp³-hybridized carbons (Fsp3) is 0.158. The van der Waals surface area contributed by atoms with Crippen molar-refractivity contribution in [1.29, 1.82) is 0 Å². The molecule has 0 unspecified atom stereocenters. The third-order valence-electron chi connectivity index (χ3n) is 4.55. The third-order valence-corrected chi connectivity index (χ3v) is 5.52. The molecule has 0 aliphatic rings. The maximum Gasteiger partial charge on any atom is 0.311 e. The lowest BCUT2D eigenvalue weighted by Crippen LogP contribution is -2.22. The monoisotopic (exact) mass is 381 g/mol. The molecule has 136 valence electrons. The van der Waals surface area contributed by atoms with E-state index in [4.69, 9.17) is 4.74 Å². The number of nitrogens with zero attached hydrogens (tertiary/aromatic N) is 3. The van der Waals surface area contributed by atoms with Crippen molar-refractivity contribution >= 4 is 39.1 Å². The van der Waals surface area contributed by atoms with Crippen LogP contribution in [-0.4, -0.2) is 21.4 Å². The van der Waals surface area contributed by atoms with Gasteiger partial charge in [0.1, 0.15) is 0 Å². The van der Waals surface area contributed by atoms with Gasteiger partial charge in [0.2, 0.25) is 0 Å². The van der Waals surface area contributed by atoms with Crippen LogP contribution in [-0.2, 0) is 0 Å². The highest BCUT2D eigenvalue weighted by Crippen LogP contribution is 2.28. The standard InChI is InChI=1S/C19H15N3O4S/c1-10-6-13-14(7-11(10)2)21-18(23)17(27-19(21)20-13)9-12-4-5-16(26-3)15(8-12)22(24)25/h4-9H,1-3H3/b17-9-. The number of methoxy groups -OCH3 is 1. The van der Waals surface area contributed by atoms with Crippen molar-refractivity contribution in [2.24, 2.45) is 0 Å². The fourth-order valence-electron chi connectivity index (χ4n) is 3.01. The zero-order valence-electron chi connectivity index (χ0n) is 14.8. The molecular weight excluding hydrogens is 366 g/mol. The van der Waals surface area contributed by atoms with Gasteiger partial charge >= 0.3 is 5.69 Å². The zero-order chi connectivity index (χ0) is 19.3. The SMILES string of the molecule is COc1ccc(/C=c2\sc3nc4cc(C)c(C)cc4n3c2=O)cc1[N+](=O)[O-]. The Hall–Kier alpha value is -3.26. The summed E-state index contributed by atoms with van der Waals surface area (Å²) in [6.07, 6.45) is 1.64. The topological polar surface area (TPSA) is 86.7 Å². The van der Waals surface area contributed by atoms with Crippen LogP contribution < -0.4 is 14.8 Å². The second-order valence-electron chi connectivity index (χ2n) is 6.26. The van der Waals surface area contributed by atoms with E-state index < -0.39 is 4.92 Å². The summed E-state index contributed by atoms with van der Waals surface area (Å²) in [4.78, 5) is 28.7. The molecule has 0 spiro atoms. The van der Waals surface area contributed by atoms with Crippen molar-refractivity contribution in [3.63, 3.8) is 0 Å². The van der Waals surface area contributed by atoms with Gasteiger partial charge in [-0.2, -0.15) is 0 Å². The second kappa shape index (κ2) is 6.17. The molecule has 4 rings (SSSR count). The van der Waals surface area contributed by atoms with Crippen molar-refractivity contribution < 1.29 is 9.66 Å². The molecule has 0 amide bonds. The molecule has 0 saturated carbocycles. The zero-order valence-corrected chi connectivity index (χ0v) is 15.7. The third kappa shape index (κ3) is 2.74. The van der Waals surface area contributed by atoms with Crippen LogP contribution in [0.3, 0.4) is 0 Å². The molecule has 0 saturated heterocycles. The first-order valence-corrected chi connectivity index (χ1v) is 8.97. The molecule has 0 aliphatic heterocycles. The van der Waals surface area contributed by atoms with Gasteiger partial charge < -0.3 is 4.74 Å². The average molecular weight is 381 g/mol. The number of ether oxygens (including phenoxy) is 1. The Labute approximate surface area is 157 Å². The Morgan fingerprint density at radius 1 is 1.22 bits per heavy atom. The van der Waals surface area contributed by atoms with Crippen molar-refractivity contribution in [2.75, 3.05) is 7.11 Å². The molecule has 2 aromatic heterocycles. The minimum Gasteiger partial charge on any atom is -0.490 e. The summed E-state index contributed by atoms with van der Waals surface area (Å²) in [7, 11) is 1.38. The highest BCUT2D eigenvalue weighted by atomic mass is 32.1. The van der Waals surface area contributed by atoms with Gasteiger partial charge in [0.15, 0.2) is 10.7 Å². The van der Waals surface area contributed by atoms with Gasteiger partial charge in [0, 0.05) is 6.07 Å². The Morgan fingerprint density at radius 3 is 2.67 bits per heavy atom. The Bertz CT molecular complexity index is 1340. The van der Waals surface area contributed by atoms with E-state index >= 15 is 0 Å². The first-order valence-electron chi connectivity index (χ1n) is 8.15. The van der Waals surface area contributed by atoms with Crippen molar-refractivity contribution in [1.82, 2.24) is 9.38 Å². The summed E-state index contributed by atoms with van der Waals surface area (Å²) in [5.41, 5.74) is 4.00. The van der Waals surface area contributed by atoms with Crippen LogP contribution in [0.25, 0.3) is 22.1 Å². The molecule has 0 N–H and O–H groups in total. The Balaban J connectivity index is 1.93. The summed E-state index contributed by atoms with van der Waals surface area (Å²) in [5, 5.41) is 11.2. The van der Waals surface area contributed by atoms with E-state index in [0.717, 1.165) is 22.2 Å². The number of fused-ring (bicyclic) bond motifs is 3. The predicted molar refractivity (Wildman–Crippen MR) is 105 cm³/mol. The smallest absolute Gasteiger partial charge is 0.311 e. The van der Waals surface area contributed by atoms with Crippen molar-refractivity contribution in [2.45, 2.75) is 13.8 Å².